The molecule has 1 N–H and O–H groups in total. The molecule has 1 rings (SSSR count). The summed E-state index contributed by atoms with van der Waals surface area (Å²) in [6.07, 6.45) is 0.202. The van der Waals surface area contributed by atoms with Gasteiger partial charge in [-0.15, -0.1) is 0 Å². The first kappa shape index (κ1) is 15.9. The van der Waals surface area contributed by atoms with Crippen LogP contribution in [0.2, 0.25) is 0 Å². The molecule has 0 heterocycles. The van der Waals surface area contributed by atoms with Crippen LogP contribution in [0.15, 0.2) is 24.3 Å². The Morgan fingerprint density at radius 3 is 2.74 bits per heavy atom. The first-order valence-corrected chi connectivity index (χ1v) is 6.83. The molecule has 0 unspecified atom stereocenters. The highest BCUT2D eigenvalue weighted by Crippen LogP contribution is 2.09. The Bertz CT molecular complexity index is 450. The summed E-state index contributed by atoms with van der Waals surface area (Å²) in [6.45, 7) is 0.309. The molecule has 104 valence electrons. The molecule has 0 spiro atoms. The molecule has 0 aromatic heterocycles. The van der Waals surface area contributed by atoms with E-state index < -0.39 is 5.97 Å². The minimum atomic E-state index is -1.02. The Kier molecular flexibility index (Phi) is 6.79. The summed E-state index contributed by atoms with van der Waals surface area (Å²) in [6, 6.07) is 7.58. The van der Waals surface area contributed by atoms with Crippen molar-refractivity contribution in [3.05, 3.63) is 33.4 Å². The van der Waals surface area contributed by atoms with Crippen LogP contribution in [0.5, 0.6) is 0 Å². The minimum Gasteiger partial charge on any atom is -0.480 e. The molecule has 1 aromatic carbocycles. The largest absolute Gasteiger partial charge is 0.480 e. The quantitative estimate of drug-likeness (QED) is 0.730. The summed E-state index contributed by atoms with van der Waals surface area (Å²) in [7, 11) is 1.52. The van der Waals surface area contributed by atoms with Gasteiger partial charge in [-0.25, -0.2) is 0 Å². The van der Waals surface area contributed by atoms with Crippen LogP contribution in [0, 0.1) is 3.57 Å². The van der Waals surface area contributed by atoms with E-state index in [9.17, 15) is 9.59 Å². The highest BCUT2D eigenvalue weighted by atomic mass is 127. The zero-order valence-corrected chi connectivity index (χ0v) is 12.8. The summed E-state index contributed by atoms with van der Waals surface area (Å²) < 4.78 is 5.93. The van der Waals surface area contributed by atoms with Crippen molar-refractivity contribution in [1.82, 2.24) is 4.90 Å². The molecular weight excluding hydrogens is 361 g/mol. The zero-order valence-electron chi connectivity index (χ0n) is 10.6. The van der Waals surface area contributed by atoms with Crippen LogP contribution in [0.3, 0.4) is 0 Å². The molecule has 0 radical (unpaired) electrons. The fourth-order valence-electron chi connectivity index (χ4n) is 1.59. The number of nitrogens with zero attached hydrogens (tertiary/aromatic N) is 1. The molecule has 0 saturated carbocycles. The summed E-state index contributed by atoms with van der Waals surface area (Å²) in [4.78, 5) is 24.1. The predicted molar refractivity (Wildman–Crippen MR) is 79.0 cm³/mol. The Morgan fingerprint density at radius 2 is 2.16 bits per heavy atom. The highest BCUT2D eigenvalue weighted by Gasteiger charge is 2.16. The van der Waals surface area contributed by atoms with Gasteiger partial charge in [-0.1, -0.05) is 12.1 Å². The molecule has 0 aliphatic carbocycles. The molecule has 0 saturated heterocycles. The molecule has 0 fully saturated rings. The number of rotatable bonds is 7. The Balaban J connectivity index is 2.67. The number of carboxylic acids is 1. The fraction of sp³-hybridized carbons (Fsp3) is 0.385. The molecule has 0 aliphatic heterocycles. The first-order valence-electron chi connectivity index (χ1n) is 5.76. The standard InChI is InChI=1S/C13H16INO4/c1-19-6-5-15(9-13(17)18)12(16)8-10-3-2-4-11(14)7-10/h2-4,7H,5-6,8-9H2,1H3,(H,17,18). The summed E-state index contributed by atoms with van der Waals surface area (Å²) in [5.41, 5.74) is 0.879. The van der Waals surface area contributed by atoms with E-state index in [0.717, 1.165) is 9.13 Å². The van der Waals surface area contributed by atoms with Gasteiger partial charge in [0.25, 0.3) is 0 Å². The van der Waals surface area contributed by atoms with Gasteiger partial charge in [0.2, 0.25) is 5.91 Å². The third kappa shape index (κ3) is 6.02. The van der Waals surface area contributed by atoms with Crippen LogP contribution in [0.1, 0.15) is 5.56 Å². The average molecular weight is 377 g/mol. The topological polar surface area (TPSA) is 66.8 Å². The van der Waals surface area contributed by atoms with Crippen molar-refractivity contribution < 1.29 is 19.4 Å². The molecule has 19 heavy (non-hydrogen) atoms. The number of amides is 1. The molecule has 1 amide bonds. The molecule has 1 aromatic rings. The Morgan fingerprint density at radius 1 is 1.42 bits per heavy atom. The van der Waals surface area contributed by atoms with Crippen LogP contribution >= 0.6 is 22.6 Å². The smallest absolute Gasteiger partial charge is 0.323 e. The van der Waals surface area contributed by atoms with Crippen molar-refractivity contribution >= 4 is 34.5 Å². The van der Waals surface area contributed by atoms with Crippen LogP contribution in [0.25, 0.3) is 0 Å². The molecule has 0 aliphatic rings. The lowest BCUT2D eigenvalue weighted by atomic mass is 10.1. The van der Waals surface area contributed by atoms with Gasteiger partial charge >= 0.3 is 5.97 Å². The molecule has 6 heteroatoms. The van der Waals surface area contributed by atoms with Crippen molar-refractivity contribution in [2.45, 2.75) is 6.42 Å². The van der Waals surface area contributed by atoms with Gasteiger partial charge in [0, 0.05) is 17.2 Å². The predicted octanol–water partition coefficient (Wildman–Crippen LogP) is 1.39. The van der Waals surface area contributed by atoms with Crippen molar-refractivity contribution in [3.63, 3.8) is 0 Å². The number of halogens is 1. The SMILES string of the molecule is COCCN(CC(=O)O)C(=O)Cc1cccc(I)c1. The van der Waals surface area contributed by atoms with Gasteiger partial charge in [-0.05, 0) is 40.3 Å². The molecule has 5 nitrogen and oxygen atoms in total. The van der Waals surface area contributed by atoms with Crippen molar-refractivity contribution in [2.24, 2.45) is 0 Å². The number of hydrogen-bond donors (Lipinski definition) is 1. The normalized spacial score (nSPS) is 10.2. The number of aliphatic carboxylic acids is 1. The van der Waals surface area contributed by atoms with Gasteiger partial charge in [0.05, 0.1) is 13.0 Å². The highest BCUT2D eigenvalue weighted by molar-refractivity contribution is 14.1. The number of ether oxygens (including phenoxy) is 1. The van der Waals surface area contributed by atoms with Crippen molar-refractivity contribution in [2.75, 3.05) is 26.8 Å². The minimum absolute atomic E-state index is 0.202. The van der Waals surface area contributed by atoms with E-state index in [4.69, 9.17) is 9.84 Å². The summed E-state index contributed by atoms with van der Waals surface area (Å²) >= 11 is 2.17. The third-order valence-electron chi connectivity index (χ3n) is 2.49. The van der Waals surface area contributed by atoms with Crippen LogP contribution in [0.4, 0.5) is 0 Å². The lowest BCUT2D eigenvalue weighted by molar-refractivity contribution is -0.144. The summed E-state index contributed by atoms with van der Waals surface area (Å²) in [5.74, 6) is -1.23. The number of carbonyl (C=O) groups excluding carboxylic acids is 1. The molecule has 0 atom stereocenters. The maximum atomic E-state index is 12.1. The van der Waals surface area contributed by atoms with E-state index in [-0.39, 0.29) is 25.4 Å². The lowest BCUT2D eigenvalue weighted by Crippen LogP contribution is -2.38. The maximum absolute atomic E-state index is 12.1. The number of hydrogen-bond acceptors (Lipinski definition) is 3. The van der Waals surface area contributed by atoms with E-state index in [0.29, 0.717) is 6.61 Å². The third-order valence-corrected chi connectivity index (χ3v) is 3.16. The Hall–Kier alpha value is -1.15. The van der Waals surface area contributed by atoms with Crippen LogP contribution in [-0.2, 0) is 20.7 Å². The number of carboxylic acid groups (broad SMARTS) is 1. The van der Waals surface area contributed by atoms with Gasteiger partial charge in [-0.2, -0.15) is 0 Å². The molecule has 0 bridgehead atoms. The van der Waals surface area contributed by atoms with Crippen molar-refractivity contribution in [3.8, 4) is 0 Å². The second kappa shape index (κ2) is 8.11. The second-order valence-corrected chi connectivity index (χ2v) is 5.25. The molecular formula is C13H16INO4. The number of benzene rings is 1. The number of methoxy groups -OCH3 is 1. The van der Waals surface area contributed by atoms with Gasteiger partial charge in [-0.3, -0.25) is 9.59 Å². The first-order chi connectivity index (χ1) is 9.02. The van der Waals surface area contributed by atoms with E-state index in [1.54, 1.807) is 0 Å². The fourth-order valence-corrected chi connectivity index (χ4v) is 2.20. The van der Waals surface area contributed by atoms with Gasteiger partial charge < -0.3 is 14.7 Å². The lowest BCUT2D eigenvalue weighted by Gasteiger charge is -2.20. The van der Waals surface area contributed by atoms with Crippen molar-refractivity contribution in [1.29, 1.82) is 0 Å². The second-order valence-electron chi connectivity index (χ2n) is 4.01. The number of carbonyl (C=O) groups is 2. The Labute approximate surface area is 125 Å². The average Bonchev–Trinajstić information content (AvgIpc) is 2.34. The maximum Gasteiger partial charge on any atom is 0.323 e. The van der Waals surface area contributed by atoms with Gasteiger partial charge in [0.1, 0.15) is 6.54 Å². The van der Waals surface area contributed by atoms with E-state index in [1.807, 2.05) is 24.3 Å². The van der Waals surface area contributed by atoms with E-state index in [1.165, 1.54) is 12.0 Å². The zero-order chi connectivity index (χ0) is 14.3. The van der Waals surface area contributed by atoms with Gasteiger partial charge in [0.15, 0.2) is 0 Å². The summed E-state index contributed by atoms with van der Waals surface area (Å²) in [5, 5.41) is 8.81. The van der Waals surface area contributed by atoms with Crippen LogP contribution < -0.4 is 0 Å². The van der Waals surface area contributed by atoms with E-state index >= 15 is 0 Å². The van der Waals surface area contributed by atoms with Crippen LogP contribution in [-0.4, -0.2) is 48.7 Å². The van der Waals surface area contributed by atoms with E-state index in [2.05, 4.69) is 22.6 Å². The monoisotopic (exact) mass is 377 g/mol.